The van der Waals surface area contributed by atoms with Crippen molar-refractivity contribution in [3.8, 4) is 10.9 Å². The molecular formula is C26H22FN5O4S. The zero-order valence-electron chi connectivity index (χ0n) is 19.6. The number of benzene rings is 2. The second kappa shape index (κ2) is 10.3. The topological polar surface area (TPSA) is 121 Å². The first-order chi connectivity index (χ1) is 17.9. The lowest BCUT2D eigenvalue weighted by atomic mass is 10.1. The number of nitrogens with one attached hydrogen (secondary N) is 2. The minimum atomic E-state index is -0.627. The summed E-state index contributed by atoms with van der Waals surface area (Å²) in [4.78, 5) is 43.3. The van der Waals surface area contributed by atoms with E-state index >= 15 is 0 Å². The first-order valence-electron chi connectivity index (χ1n) is 11.6. The summed E-state index contributed by atoms with van der Waals surface area (Å²) >= 11 is 1.13. The van der Waals surface area contributed by atoms with Crippen molar-refractivity contribution in [3.63, 3.8) is 0 Å². The number of piperidine rings is 1. The minimum Gasteiger partial charge on any atom is -0.423 e. The minimum absolute atomic E-state index is 0.0662. The molecule has 0 aromatic heterocycles. The Labute approximate surface area is 213 Å². The fourth-order valence-electron chi connectivity index (χ4n) is 3.98. The summed E-state index contributed by atoms with van der Waals surface area (Å²) in [5.74, 6) is -0.914. The molecule has 0 aliphatic carbocycles. The van der Waals surface area contributed by atoms with Gasteiger partial charge in [-0.05, 0) is 67.3 Å². The van der Waals surface area contributed by atoms with Gasteiger partial charge in [-0.2, -0.15) is 4.98 Å². The van der Waals surface area contributed by atoms with Crippen LogP contribution in [0.1, 0.15) is 35.2 Å². The molecule has 0 bridgehead atoms. The molecule has 1 amide bonds. The number of amides is 1. The second-order valence-corrected chi connectivity index (χ2v) is 9.52. The van der Waals surface area contributed by atoms with E-state index in [1.165, 1.54) is 41.1 Å². The lowest BCUT2D eigenvalue weighted by Crippen LogP contribution is -2.47. The van der Waals surface area contributed by atoms with Gasteiger partial charge >= 0.3 is 5.97 Å². The van der Waals surface area contributed by atoms with Gasteiger partial charge in [0.2, 0.25) is 11.0 Å². The van der Waals surface area contributed by atoms with Gasteiger partial charge < -0.3 is 9.64 Å². The van der Waals surface area contributed by atoms with Crippen molar-refractivity contribution in [2.24, 2.45) is 0 Å². The molecule has 1 saturated heterocycles. The van der Waals surface area contributed by atoms with Gasteiger partial charge in [0, 0.05) is 19.2 Å². The normalized spacial score (nSPS) is 14.8. The third-order valence-corrected chi connectivity index (χ3v) is 6.81. The molecule has 3 aliphatic heterocycles. The molecule has 2 aromatic rings. The van der Waals surface area contributed by atoms with Crippen molar-refractivity contribution in [1.82, 2.24) is 19.7 Å². The van der Waals surface area contributed by atoms with Gasteiger partial charge in [-0.3, -0.25) is 20.1 Å². The van der Waals surface area contributed by atoms with Crippen LogP contribution in [0.15, 0.2) is 53.3 Å². The van der Waals surface area contributed by atoms with Crippen molar-refractivity contribution >= 4 is 35.4 Å². The summed E-state index contributed by atoms with van der Waals surface area (Å²) in [5, 5.41) is 11.9. The number of nitrogens with zero attached hydrogens (tertiary/aromatic N) is 3. The lowest BCUT2D eigenvalue weighted by Gasteiger charge is -2.25. The zero-order chi connectivity index (χ0) is 25.9. The molecule has 2 N–H and O–H groups in total. The highest BCUT2D eigenvalue weighted by molar-refractivity contribution is 7.11. The van der Waals surface area contributed by atoms with Gasteiger partial charge in [-0.15, -0.1) is 0 Å². The third kappa shape index (κ3) is 5.41. The molecule has 3 heterocycles. The number of aromatic amines is 1. The van der Waals surface area contributed by atoms with Gasteiger partial charge in [0.15, 0.2) is 5.49 Å². The summed E-state index contributed by atoms with van der Waals surface area (Å²) < 4.78 is 20.2. The second-order valence-electron chi connectivity index (χ2n) is 8.52. The number of esters is 1. The average Bonchev–Trinajstić information content (AvgIpc) is 3.30. The van der Waals surface area contributed by atoms with E-state index < -0.39 is 17.3 Å². The number of H-pyrrole nitrogens is 1. The fraction of sp³-hybridized carbons (Fsp3) is 0.192. The van der Waals surface area contributed by atoms with Crippen molar-refractivity contribution < 1.29 is 18.7 Å². The van der Waals surface area contributed by atoms with E-state index in [4.69, 9.17) is 10.1 Å². The van der Waals surface area contributed by atoms with Gasteiger partial charge in [0.25, 0.3) is 5.56 Å². The van der Waals surface area contributed by atoms with Crippen LogP contribution in [0.2, 0.25) is 0 Å². The van der Waals surface area contributed by atoms with Crippen LogP contribution in [0.5, 0.6) is 5.75 Å². The summed E-state index contributed by atoms with van der Waals surface area (Å²) in [6, 6.07) is 11.4. The molecule has 0 atom stereocenters. The largest absolute Gasteiger partial charge is 0.423 e. The van der Waals surface area contributed by atoms with Crippen LogP contribution in [0, 0.1) is 11.2 Å². The highest BCUT2D eigenvalue weighted by Crippen LogP contribution is 2.15. The molecule has 2 aromatic carbocycles. The molecule has 9 nitrogen and oxygen atoms in total. The Morgan fingerprint density at radius 3 is 2.46 bits per heavy atom. The SMILES string of the molecule is N=c1/c(=C/c2ccc(OC(=O)c3ccc(F)cc3)cc2)c(=O)nc2s/c(=C/C(=O)N3CCCCC3)[nH]n1-2. The molecular weight excluding hydrogens is 497 g/mol. The quantitative estimate of drug-likeness (QED) is 0.313. The van der Waals surface area contributed by atoms with Gasteiger partial charge in [-0.25, -0.2) is 13.9 Å². The van der Waals surface area contributed by atoms with Crippen LogP contribution in [-0.2, 0) is 4.79 Å². The molecule has 3 aliphatic rings. The number of hydrogen-bond donors (Lipinski definition) is 2. The predicted molar refractivity (Wildman–Crippen MR) is 135 cm³/mol. The van der Waals surface area contributed by atoms with Crippen LogP contribution in [-0.4, -0.2) is 44.6 Å². The van der Waals surface area contributed by atoms with Crippen LogP contribution >= 0.6 is 11.3 Å². The number of likely N-dealkylation sites (tertiary alicyclic amines) is 1. The molecule has 0 radical (unpaired) electrons. The van der Waals surface area contributed by atoms with Gasteiger partial charge in [0.05, 0.1) is 10.8 Å². The summed E-state index contributed by atoms with van der Waals surface area (Å²) in [6.45, 7) is 1.45. The van der Waals surface area contributed by atoms with E-state index in [1.807, 2.05) is 0 Å². The molecule has 37 heavy (non-hydrogen) atoms. The fourth-order valence-corrected chi connectivity index (χ4v) is 4.83. The third-order valence-electron chi connectivity index (χ3n) is 5.92. The molecule has 1 fully saturated rings. The van der Waals surface area contributed by atoms with E-state index in [1.54, 1.807) is 29.2 Å². The number of halogens is 1. The summed E-state index contributed by atoms with van der Waals surface area (Å²) in [6.07, 6.45) is 6.09. The Bertz CT molecular complexity index is 1670. The number of fused-ring (bicyclic) bond motifs is 1. The highest BCUT2D eigenvalue weighted by atomic mass is 32.1. The Hall–Kier alpha value is -4.38. The molecule has 11 heteroatoms. The van der Waals surface area contributed by atoms with E-state index in [2.05, 4.69) is 10.1 Å². The van der Waals surface area contributed by atoms with Gasteiger partial charge in [0.1, 0.15) is 16.2 Å². The maximum Gasteiger partial charge on any atom is 0.343 e. The smallest absolute Gasteiger partial charge is 0.343 e. The van der Waals surface area contributed by atoms with Crippen molar-refractivity contribution in [1.29, 1.82) is 5.41 Å². The summed E-state index contributed by atoms with van der Waals surface area (Å²) in [5.41, 5.74) is 0.143. The average molecular weight is 520 g/mol. The maximum absolute atomic E-state index is 13.0. The monoisotopic (exact) mass is 519 g/mol. The Morgan fingerprint density at radius 1 is 1.05 bits per heavy atom. The number of aromatic nitrogens is 3. The molecule has 0 spiro atoms. The number of ether oxygens (including phenoxy) is 1. The lowest BCUT2D eigenvalue weighted by molar-refractivity contribution is -0.125. The number of hydrogen-bond acceptors (Lipinski definition) is 7. The maximum atomic E-state index is 13.0. The van der Waals surface area contributed by atoms with Gasteiger partial charge in [-0.1, -0.05) is 23.5 Å². The number of carbonyl (C=O) groups excluding carboxylic acids is 2. The molecule has 188 valence electrons. The number of rotatable bonds is 4. The standard InChI is InChI=1S/C26H22FN5O4S/c27-18-8-6-17(7-9-18)25(35)36-19-10-4-16(5-11-19)14-20-23(28)32-26(29-24(20)34)37-21(30-32)15-22(33)31-12-2-1-3-13-31/h4-11,14-15,28,30H,1-3,12-13H2/b20-14-,21-15+,28-23?. The molecule has 0 saturated carbocycles. The van der Waals surface area contributed by atoms with E-state index in [9.17, 15) is 18.8 Å². The predicted octanol–water partition coefficient (Wildman–Crippen LogP) is 1.52. The first-order valence-corrected chi connectivity index (χ1v) is 12.5. The van der Waals surface area contributed by atoms with Crippen LogP contribution in [0.25, 0.3) is 17.3 Å². The Balaban J connectivity index is 1.40. The molecule has 0 unspecified atom stereocenters. The van der Waals surface area contributed by atoms with Crippen LogP contribution in [0.3, 0.4) is 0 Å². The highest BCUT2D eigenvalue weighted by Gasteiger charge is 2.16. The van der Waals surface area contributed by atoms with E-state index in [0.717, 1.165) is 43.7 Å². The van der Waals surface area contributed by atoms with Crippen LogP contribution < -0.4 is 25.7 Å². The Kier molecular flexibility index (Phi) is 6.78. The first kappa shape index (κ1) is 24.3. The van der Waals surface area contributed by atoms with Crippen molar-refractivity contribution in [2.75, 3.05) is 13.1 Å². The number of carbonyl (C=O) groups is 2. The van der Waals surface area contributed by atoms with Crippen molar-refractivity contribution in [3.05, 3.63) is 91.2 Å². The van der Waals surface area contributed by atoms with E-state index in [0.29, 0.717) is 10.2 Å². The van der Waals surface area contributed by atoms with Crippen LogP contribution in [0.4, 0.5) is 4.39 Å². The Morgan fingerprint density at radius 2 is 1.76 bits per heavy atom. The summed E-state index contributed by atoms with van der Waals surface area (Å²) in [7, 11) is 0. The molecule has 5 rings (SSSR count). The van der Waals surface area contributed by atoms with Crippen molar-refractivity contribution in [2.45, 2.75) is 19.3 Å². The zero-order valence-corrected chi connectivity index (χ0v) is 20.4. The van der Waals surface area contributed by atoms with E-state index in [-0.39, 0.29) is 33.1 Å².